The molecular formula is C24H53N3O. The first-order valence-electron chi connectivity index (χ1n) is 11.4. The van der Waals surface area contributed by atoms with Crippen LogP contribution in [0.3, 0.4) is 0 Å². The Morgan fingerprint density at radius 3 is 1.61 bits per heavy atom. The topological polar surface area (TPSA) is 19.0 Å². The first-order chi connectivity index (χ1) is 12.8. The molecule has 0 radical (unpaired) electrons. The lowest BCUT2D eigenvalue weighted by molar-refractivity contribution is 0.0339. The number of hydrogen-bond donors (Lipinski definition) is 0. The zero-order chi connectivity index (χ0) is 21.8. The van der Waals surface area contributed by atoms with Crippen molar-refractivity contribution in [3.8, 4) is 0 Å². The van der Waals surface area contributed by atoms with Gasteiger partial charge in [0.1, 0.15) is 0 Å². The van der Waals surface area contributed by atoms with Crippen molar-refractivity contribution in [1.29, 1.82) is 0 Å². The van der Waals surface area contributed by atoms with Gasteiger partial charge in [-0.1, -0.05) is 41.5 Å². The second-order valence-electron chi connectivity index (χ2n) is 11.4. The van der Waals surface area contributed by atoms with Gasteiger partial charge < -0.3 is 19.4 Å². The maximum Gasteiger partial charge on any atom is 0.0593 e. The maximum absolute atomic E-state index is 6.21. The van der Waals surface area contributed by atoms with Crippen molar-refractivity contribution in [3.63, 3.8) is 0 Å². The summed E-state index contributed by atoms with van der Waals surface area (Å²) in [7, 11) is 8.63. The van der Waals surface area contributed by atoms with Crippen molar-refractivity contribution in [2.24, 2.45) is 16.7 Å². The van der Waals surface area contributed by atoms with Crippen LogP contribution in [0, 0.1) is 16.7 Å². The average molecular weight is 400 g/mol. The molecule has 1 atom stereocenters. The van der Waals surface area contributed by atoms with Crippen molar-refractivity contribution in [2.75, 3.05) is 74.1 Å². The van der Waals surface area contributed by atoms with Gasteiger partial charge in [0.15, 0.2) is 0 Å². The van der Waals surface area contributed by atoms with E-state index in [2.05, 4.69) is 84.4 Å². The molecule has 0 N–H and O–H groups in total. The minimum Gasteiger partial charge on any atom is -0.380 e. The van der Waals surface area contributed by atoms with E-state index in [0.717, 1.165) is 32.8 Å². The summed E-state index contributed by atoms with van der Waals surface area (Å²) in [6, 6.07) is 0. The summed E-state index contributed by atoms with van der Waals surface area (Å²) in [5, 5.41) is 0. The van der Waals surface area contributed by atoms with Crippen LogP contribution in [0.4, 0.5) is 0 Å². The molecule has 0 spiro atoms. The normalized spacial score (nSPS) is 14.5. The lowest BCUT2D eigenvalue weighted by atomic mass is 9.75. The first-order valence-corrected chi connectivity index (χ1v) is 11.4. The van der Waals surface area contributed by atoms with Gasteiger partial charge in [0.2, 0.25) is 0 Å². The number of nitrogens with zero attached hydrogens (tertiary/aromatic N) is 3. The van der Waals surface area contributed by atoms with Crippen LogP contribution in [-0.4, -0.2) is 88.8 Å². The van der Waals surface area contributed by atoms with E-state index in [1.165, 1.54) is 38.8 Å². The average Bonchev–Trinajstić information content (AvgIpc) is 2.50. The molecule has 0 amide bonds. The Balaban J connectivity index is 4.39. The zero-order valence-corrected chi connectivity index (χ0v) is 21.1. The van der Waals surface area contributed by atoms with Crippen LogP contribution in [0.15, 0.2) is 0 Å². The molecular weight excluding hydrogens is 346 g/mol. The third-order valence-corrected chi connectivity index (χ3v) is 5.50. The molecule has 0 bridgehead atoms. The second-order valence-corrected chi connectivity index (χ2v) is 11.4. The highest BCUT2D eigenvalue weighted by Gasteiger charge is 2.26. The molecule has 0 aromatic rings. The summed E-state index contributed by atoms with van der Waals surface area (Å²) >= 11 is 0. The summed E-state index contributed by atoms with van der Waals surface area (Å²) in [5.41, 5.74) is 0.710. The summed E-state index contributed by atoms with van der Waals surface area (Å²) in [6.45, 7) is 21.5. The lowest BCUT2D eigenvalue weighted by Crippen LogP contribution is -2.34. The van der Waals surface area contributed by atoms with Gasteiger partial charge in [-0.15, -0.1) is 0 Å². The molecule has 0 fully saturated rings. The summed E-state index contributed by atoms with van der Waals surface area (Å²) in [5.74, 6) is 0.627. The fraction of sp³-hybridized carbons (Fsp3) is 1.00. The molecule has 0 aliphatic rings. The second kappa shape index (κ2) is 14.0. The minimum absolute atomic E-state index is 0.308. The summed E-state index contributed by atoms with van der Waals surface area (Å²) in [6.07, 6.45) is 4.97. The van der Waals surface area contributed by atoms with Crippen molar-refractivity contribution < 1.29 is 4.74 Å². The molecule has 0 aromatic heterocycles. The zero-order valence-electron chi connectivity index (χ0n) is 21.1. The molecule has 0 saturated heterocycles. The van der Waals surface area contributed by atoms with Crippen molar-refractivity contribution in [1.82, 2.24) is 14.7 Å². The Kier molecular flexibility index (Phi) is 13.9. The Bertz CT molecular complexity index is 355. The predicted molar refractivity (Wildman–Crippen MR) is 125 cm³/mol. The smallest absolute Gasteiger partial charge is 0.0593 e. The SMILES string of the molecule is CN(C)CCCN(CCCN(C)C)CCOCC(CCC(C)(C)C)C(C)(C)C. The Morgan fingerprint density at radius 1 is 0.714 bits per heavy atom. The minimum atomic E-state index is 0.308. The van der Waals surface area contributed by atoms with Gasteiger partial charge in [-0.2, -0.15) is 0 Å². The molecule has 0 rings (SSSR count). The summed E-state index contributed by atoms with van der Waals surface area (Å²) < 4.78 is 6.21. The Labute approximate surface area is 178 Å². The van der Waals surface area contributed by atoms with Crippen LogP contribution < -0.4 is 0 Å². The number of rotatable bonds is 15. The Morgan fingerprint density at radius 2 is 1.21 bits per heavy atom. The summed E-state index contributed by atoms with van der Waals surface area (Å²) in [4.78, 5) is 7.14. The monoisotopic (exact) mass is 399 g/mol. The lowest BCUT2D eigenvalue weighted by Gasteiger charge is -2.33. The molecule has 0 saturated carbocycles. The van der Waals surface area contributed by atoms with Crippen molar-refractivity contribution >= 4 is 0 Å². The third kappa shape index (κ3) is 16.8. The van der Waals surface area contributed by atoms with E-state index < -0.39 is 0 Å². The molecule has 4 heteroatoms. The molecule has 1 unspecified atom stereocenters. The van der Waals surface area contributed by atoms with Crippen LogP contribution in [0.2, 0.25) is 0 Å². The highest BCUT2D eigenvalue weighted by molar-refractivity contribution is 4.76. The van der Waals surface area contributed by atoms with Gasteiger partial charge in [-0.3, -0.25) is 0 Å². The predicted octanol–water partition coefficient (Wildman–Crippen LogP) is 4.70. The molecule has 28 heavy (non-hydrogen) atoms. The van der Waals surface area contributed by atoms with E-state index in [0.29, 0.717) is 16.7 Å². The fourth-order valence-corrected chi connectivity index (χ4v) is 3.35. The van der Waals surface area contributed by atoms with Crippen LogP contribution in [0.25, 0.3) is 0 Å². The standard InChI is InChI=1S/C24H53N3O/c1-23(2,3)14-13-22(24(4,5)6)21-28-20-19-27(17-11-15-25(7)8)18-12-16-26(9)10/h22H,11-21H2,1-10H3. The first kappa shape index (κ1) is 27.8. The molecule has 170 valence electrons. The highest BCUT2D eigenvalue weighted by atomic mass is 16.5. The van der Waals surface area contributed by atoms with E-state index in [9.17, 15) is 0 Å². The van der Waals surface area contributed by atoms with E-state index in [1.807, 2.05) is 0 Å². The van der Waals surface area contributed by atoms with E-state index >= 15 is 0 Å². The fourth-order valence-electron chi connectivity index (χ4n) is 3.35. The van der Waals surface area contributed by atoms with E-state index in [-0.39, 0.29) is 0 Å². The maximum atomic E-state index is 6.21. The molecule has 0 aromatic carbocycles. The van der Waals surface area contributed by atoms with Gasteiger partial charge in [-0.25, -0.2) is 0 Å². The Hall–Kier alpha value is -0.160. The number of ether oxygens (including phenoxy) is 1. The largest absolute Gasteiger partial charge is 0.380 e. The van der Waals surface area contributed by atoms with E-state index in [4.69, 9.17) is 4.74 Å². The van der Waals surface area contributed by atoms with Crippen molar-refractivity contribution in [2.45, 2.75) is 67.2 Å². The molecule has 4 nitrogen and oxygen atoms in total. The van der Waals surface area contributed by atoms with Crippen LogP contribution in [0.1, 0.15) is 67.2 Å². The molecule has 0 heterocycles. The van der Waals surface area contributed by atoms with Crippen LogP contribution in [-0.2, 0) is 4.74 Å². The molecule has 0 aliphatic heterocycles. The van der Waals surface area contributed by atoms with Gasteiger partial charge in [0, 0.05) is 13.2 Å². The van der Waals surface area contributed by atoms with E-state index in [1.54, 1.807) is 0 Å². The van der Waals surface area contributed by atoms with Gasteiger partial charge in [-0.05, 0) is 96.8 Å². The quantitative estimate of drug-likeness (QED) is 0.372. The van der Waals surface area contributed by atoms with Crippen molar-refractivity contribution in [3.05, 3.63) is 0 Å². The number of hydrogen-bond acceptors (Lipinski definition) is 4. The third-order valence-electron chi connectivity index (χ3n) is 5.50. The van der Waals surface area contributed by atoms with Gasteiger partial charge >= 0.3 is 0 Å². The highest BCUT2D eigenvalue weighted by Crippen LogP contribution is 2.33. The van der Waals surface area contributed by atoms with Crippen LogP contribution in [0.5, 0.6) is 0 Å². The molecule has 0 aliphatic carbocycles. The van der Waals surface area contributed by atoms with Gasteiger partial charge in [0.05, 0.1) is 6.61 Å². The van der Waals surface area contributed by atoms with Crippen LogP contribution >= 0.6 is 0 Å². The van der Waals surface area contributed by atoms with Gasteiger partial charge in [0.25, 0.3) is 0 Å².